The van der Waals surface area contributed by atoms with E-state index in [1.165, 1.54) is 55.6 Å². The van der Waals surface area contributed by atoms with Gasteiger partial charge in [0.2, 0.25) is 0 Å². The van der Waals surface area contributed by atoms with Crippen LogP contribution < -0.4 is 0 Å². The second-order valence-electron chi connectivity index (χ2n) is 10.0. The summed E-state index contributed by atoms with van der Waals surface area (Å²) in [4.78, 5) is 0. The van der Waals surface area contributed by atoms with Gasteiger partial charge in [0.05, 0.1) is 0 Å². The van der Waals surface area contributed by atoms with Gasteiger partial charge in [0.25, 0.3) is 0 Å². The molecule has 0 saturated heterocycles. The maximum absolute atomic E-state index is 10.7. The molecule has 6 rings (SSSR count). The number of halogens is 2. The predicted molar refractivity (Wildman–Crippen MR) is 143 cm³/mol. The van der Waals surface area contributed by atoms with Gasteiger partial charge in [-0.25, -0.2) is 0 Å². The zero-order valence-corrected chi connectivity index (χ0v) is 23.7. The van der Waals surface area contributed by atoms with Crippen molar-refractivity contribution in [2.24, 2.45) is 0 Å². The van der Waals surface area contributed by atoms with Crippen LogP contribution in [0.3, 0.4) is 0 Å². The first-order chi connectivity index (χ1) is 17.0. The Balaban J connectivity index is 1.52. The van der Waals surface area contributed by atoms with E-state index in [2.05, 4.69) is 91.9 Å². The summed E-state index contributed by atoms with van der Waals surface area (Å²) in [6.07, 6.45) is 3.31. The topological polar surface area (TPSA) is 20.2 Å². The van der Waals surface area contributed by atoms with E-state index in [0.717, 1.165) is 19.3 Å². The van der Waals surface area contributed by atoms with E-state index < -0.39 is 23.2 Å². The van der Waals surface area contributed by atoms with Gasteiger partial charge in [-0.1, -0.05) is 0 Å². The number of benzene rings is 4. The Labute approximate surface area is 222 Å². The van der Waals surface area contributed by atoms with Gasteiger partial charge in [-0.3, -0.25) is 0 Å². The van der Waals surface area contributed by atoms with Gasteiger partial charge >= 0.3 is 224 Å². The third-order valence-corrected chi connectivity index (χ3v) is 13.0. The second-order valence-corrected chi connectivity index (χ2v) is 19.0. The number of aliphatic hydroxyl groups is 1. The van der Waals surface area contributed by atoms with Crippen molar-refractivity contribution in [2.45, 2.75) is 41.8 Å². The number of fused-ring (bicyclic) bond motifs is 6. The summed E-state index contributed by atoms with van der Waals surface area (Å²) in [6, 6.07) is 31.0. The van der Waals surface area contributed by atoms with E-state index in [-0.39, 0.29) is 5.41 Å². The fourth-order valence-electron chi connectivity index (χ4n) is 6.30. The first-order valence-electron chi connectivity index (χ1n) is 12.2. The Morgan fingerprint density at radius 2 is 1.17 bits per heavy atom. The van der Waals surface area contributed by atoms with Crippen molar-refractivity contribution in [2.75, 3.05) is 0 Å². The molecule has 0 aliphatic heterocycles. The van der Waals surface area contributed by atoms with Crippen LogP contribution in [-0.4, -0.2) is 8.92 Å². The van der Waals surface area contributed by atoms with Crippen LogP contribution in [0, 0.1) is 0 Å². The molecule has 0 saturated carbocycles. The van der Waals surface area contributed by atoms with Crippen molar-refractivity contribution in [3.63, 3.8) is 0 Å². The van der Waals surface area contributed by atoms with Crippen LogP contribution in [0.25, 0.3) is 22.3 Å². The van der Waals surface area contributed by atoms with Crippen LogP contribution in [-0.2, 0) is 37.6 Å². The molecule has 0 amide bonds. The van der Waals surface area contributed by atoms with Gasteiger partial charge in [0, 0.05) is 0 Å². The molecule has 0 radical (unpaired) electrons. The Morgan fingerprint density at radius 1 is 0.714 bits per heavy atom. The van der Waals surface area contributed by atoms with Crippen molar-refractivity contribution < 1.29 is 24.5 Å². The van der Waals surface area contributed by atoms with Crippen LogP contribution in [0.5, 0.6) is 0 Å². The average Bonchev–Trinajstić information content (AvgIpc) is 3.45. The summed E-state index contributed by atoms with van der Waals surface area (Å²) in [6.45, 7) is 2.36. The molecule has 0 fully saturated rings. The van der Waals surface area contributed by atoms with E-state index in [4.69, 9.17) is 17.0 Å². The summed E-state index contributed by atoms with van der Waals surface area (Å²) >= 11 is -2.75. The summed E-state index contributed by atoms with van der Waals surface area (Å²) in [5.74, 6) is 0. The van der Waals surface area contributed by atoms with Crippen LogP contribution in [0.2, 0.25) is 0 Å². The van der Waals surface area contributed by atoms with E-state index in [1.54, 1.807) is 0 Å². The average molecular weight is 578 g/mol. The molecule has 4 heteroatoms. The maximum atomic E-state index is 10.7. The molecular weight excluding hydrogens is 550 g/mol. The van der Waals surface area contributed by atoms with Gasteiger partial charge in [0.15, 0.2) is 0 Å². The fourth-order valence-corrected chi connectivity index (χ4v) is 8.48. The zero-order valence-electron chi connectivity index (χ0n) is 19.7. The quantitative estimate of drug-likeness (QED) is 0.212. The number of hydrogen-bond acceptors (Lipinski definition) is 1. The van der Waals surface area contributed by atoms with Crippen molar-refractivity contribution in [1.29, 1.82) is 0 Å². The minimum atomic E-state index is -2.75. The zero-order chi connectivity index (χ0) is 24.2. The SMILES string of the molecule is CC(CC[CH](O)[Zr]([Cl])[Cl])(c1cccc2c1Cc1ccccc1-2)c1cccc2c1Cc1ccccc1-2. The van der Waals surface area contributed by atoms with Gasteiger partial charge in [0.1, 0.15) is 0 Å². The molecule has 175 valence electrons. The molecule has 4 aromatic carbocycles. The molecule has 0 heterocycles. The summed E-state index contributed by atoms with van der Waals surface area (Å²) < 4.78 is -0.567. The second kappa shape index (κ2) is 9.31. The number of rotatable bonds is 6. The summed E-state index contributed by atoms with van der Waals surface area (Å²) in [5, 5.41) is 10.7. The molecule has 1 atom stereocenters. The molecule has 0 spiro atoms. The van der Waals surface area contributed by atoms with E-state index in [9.17, 15) is 5.11 Å². The van der Waals surface area contributed by atoms with Gasteiger partial charge < -0.3 is 0 Å². The van der Waals surface area contributed by atoms with Crippen LogP contribution in [0.4, 0.5) is 0 Å². The molecule has 1 unspecified atom stereocenters. The van der Waals surface area contributed by atoms with E-state index >= 15 is 0 Å². The Hall–Kier alpha value is -1.70. The summed E-state index contributed by atoms with van der Waals surface area (Å²) in [5.41, 5.74) is 13.4. The molecule has 0 bridgehead atoms. The van der Waals surface area contributed by atoms with Crippen molar-refractivity contribution in [3.05, 3.63) is 118 Å². The third kappa shape index (κ3) is 3.98. The van der Waals surface area contributed by atoms with Gasteiger partial charge in [-0.05, 0) is 0 Å². The molecule has 35 heavy (non-hydrogen) atoms. The molecule has 2 aliphatic carbocycles. The molecule has 1 N–H and O–H groups in total. The normalized spacial score (nSPS) is 14.2. The minimum absolute atomic E-state index is 0.270. The van der Waals surface area contributed by atoms with Gasteiger partial charge in [-0.15, -0.1) is 0 Å². The van der Waals surface area contributed by atoms with Gasteiger partial charge in [-0.2, -0.15) is 0 Å². The first-order valence-corrected chi connectivity index (χ1v) is 20.0. The van der Waals surface area contributed by atoms with Crippen LogP contribution in [0.15, 0.2) is 84.9 Å². The molecule has 0 aromatic heterocycles. The Bertz CT molecular complexity index is 1330. The molecular formula is C31H27Cl2OZr. The molecule has 4 aromatic rings. The van der Waals surface area contributed by atoms with E-state index in [1.807, 2.05) is 0 Å². The monoisotopic (exact) mass is 575 g/mol. The predicted octanol–water partition coefficient (Wildman–Crippen LogP) is 8.16. The van der Waals surface area contributed by atoms with Crippen molar-refractivity contribution >= 4 is 17.0 Å². The molecule has 2 aliphatic rings. The van der Waals surface area contributed by atoms with Crippen molar-refractivity contribution in [3.8, 4) is 22.3 Å². The third-order valence-electron chi connectivity index (χ3n) is 8.06. The summed E-state index contributed by atoms with van der Waals surface area (Å²) in [7, 11) is 12.5. The fraction of sp³-hybridized carbons (Fsp3) is 0.226. The Kier molecular flexibility index (Phi) is 6.30. The number of aliphatic hydroxyl groups excluding tert-OH is 1. The van der Waals surface area contributed by atoms with E-state index in [0.29, 0.717) is 6.42 Å². The first kappa shape index (κ1) is 23.7. The Morgan fingerprint density at radius 3 is 1.66 bits per heavy atom. The number of hydrogen-bond donors (Lipinski definition) is 1. The standard InChI is InChI=1S/C31H27O.2ClH.Zr/c1-31(17-8-18-32,29-15-6-13-25-23-11-4-2-9-21(23)19-27(25)29)30-16-7-14-26-24-12-5-3-10-22(24)20-28(26)30;;;/h2-7,9-16,18,32H,8,17,19-20H2,1H3;2*1H;/q;;;+2/p-2. The van der Waals surface area contributed by atoms with Crippen molar-refractivity contribution in [1.82, 2.24) is 0 Å². The van der Waals surface area contributed by atoms with Crippen LogP contribution in [0.1, 0.15) is 53.1 Å². The molecule has 1 nitrogen and oxygen atoms in total. The van der Waals surface area contributed by atoms with Crippen LogP contribution >= 0.6 is 17.0 Å².